The third kappa shape index (κ3) is 9.89. The van der Waals surface area contributed by atoms with E-state index in [1.165, 1.54) is 38.5 Å². The Balaban J connectivity index is 0.00000392. The van der Waals surface area contributed by atoms with Gasteiger partial charge in [-0.2, -0.15) is 0 Å². The van der Waals surface area contributed by atoms with E-state index >= 15 is 0 Å². The molecular formula is C21H38IN3O2S. The van der Waals surface area contributed by atoms with E-state index in [0.717, 1.165) is 43.4 Å². The van der Waals surface area contributed by atoms with Crippen LogP contribution in [0.15, 0.2) is 22.5 Å². The minimum Gasteiger partial charge on any atom is -0.383 e. The third-order valence-corrected chi connectivity index (χ3v) is 6.08. The summed E-state index contributed by atoms with van der Waals surface area (Å²) < 4.78 is 6.05. The van der Waals surface area contributed by atoms with Crippen molar-refractivity contribution < 1.29 is 9.84 Å². The summed E-state index contributed by atoms with van der Waals surface area (Å²) in [5, 5.41) is 19.2. The van der Waals surface area contributed by atoms with Gasteiger partial charge < -0.3 is 20.5 Å². The van der Waals surface area contributed by atoms with Gasteiger partial charge in [-0.1, -0.05) is 31.7 Å². The summed E-state index contributed by atoms with van der Waals surface area (Å²) in [6.07, 6.45) is 10.5. The molecule has 0 bridgehead atoms. The largest absolute Gasteiger partial charge is 0.383 e. The molecular weight excluding hydrogens is 485 g/mol. The summed E-state index contributed by atoms with van der Waals surface area (Å²) >= 11 is 1.56. The van der Waals surface area contributed by atoms with E-state index < -0.39 is 5.60 Å². The van der Waals surface area contributed by atoms with Gasteiger partial charge in [-0.3, -0.25) is 0 Å². The Morgan fingerprint density at radius 2 is 2.00 bits per heavy atom. The first-order valence-electron chi connectivity index (χ1n) is 10.5. The smallest absolute Gasteiger partial charge is 0.191 e. The number of guanidine groups is 1. The summed E-state index contributed by atoms with van der Waals surface area (Å²) in [4.78, 5) is 5.50. The van der Waals surface area contributed by atoms with E-state index in [2.05, 4.69) is 22.5 Å². The quantitative estimate of drug-likeness (QED) is 0.137. The molecule has 3 N–H and O–H groups in total. The molecule has 1 aliphatic rings. The number of hydrogen-bond donors (Lipinski definition) is 3. The van der Waals surface area contributed by atoms with Gasteiger partial charge in [0.05, 0.1) is 12.6 Å². The summed E-state index contributed by atoms with van der Waals surface area (Å²) in [6, 6.07) is 3.91. The van der Waals surface area contributed by atoms with Crippen LogP contribution in [0.5, 0.6) is 0 Å². The monoisotopic (exact) mass is 523 g/mol. The van der Waals surface area contributed by atoms with Gasteiger partial charge in [-0.05, 0) is 51.0 Å². The molecule has 1 saturated carbocycles. The minimum atomic E-state index is -0.928. The molecule has 7 heteroatoms. The van der Waals surface area contributed by atoms with Gasteiger partial charge in [0.1, 0.15) is 5.60 Å². The zero-order valence-electron chi connectivity index (χ0n) is 17.4. The van der Waals surface area contributed by atoms with Crippen molar-refractivity contribution >= 4 is 41.3 Å². The van der Waals surface area contributed by atoms with E-state index in [0.29, 0.717) is 12.6 Å². The number of nitrogens with one attached hydrogen (secondary N) is 2. The SMILES string of the molecule is CCNC(=NCC(C)(O)c1cccs1)NCCCCOC1CCCCCC1.I. The van der Waals surface area contributed by atoms with Gasteiger partial charge in [0, 0.05) is 24.6 Å². The molecule has 0 aromatic carbocycles. The fourth-order valence-corrected chi connectivity index (χ4v) is 4.11. The van der Waals surface area contributed by atoms with Gasteiger partial charge in [0.15, 0.2) is 5.96 Å². The van der Waals surface area contributed by atoms with Gasteiger partial charge in [-0.15, -0.1) is 35.3 Å². The minimum absolute atomic E-state index is 0. The first-order chi connectivity index (χ1) is 13.1. The number of aliphatic hydroxyl groups is 1. The third-order valence-electron chi connectivity index (χ3n) is 4.96. The number of rotatable bonds is 10. The zero-order valence-corrected chi connectivity index (χ0v) is 20.6. The molecule has 0 saturated heterocycles. The van der Waals surface area contributed by atoms with Gasteiger partial charge in [0.2, 0.25) is 0 Å². The summed E-state index contributed by atoms with van der Waals surface area (Å²) in [5.74, 6) is 0.763. The summed E-state index contributed by atoms with van der Waals surface area (Å²) in [6.45, 7) is 6.73. The topological polar surface area (TPSA) is 65.9 Å². The van der Waals surface area contributed by atoms with E-state index in [9.17, 15) is 5.11 Å². The van der Waals surface area contributed by atoms with Gasteiger partial charge >= 0.3 is 0 Å². The highest BCUT2D eigenvalue weighted by atomic mass is 127. The van der Waals surface area contributed by atoms with Crippen LogP contribution < -0.4 is 10.6 Å². The lowest BCUT2D eigenvalue weighted by molar-refractivity contribution is 0.0411. The lowest BCUT2D eigenvalue weighted by Gasteiger charge is -2.20. The van der Waals surface area contributed by atoms with Crippen LogP contribution in [-0.2, 0) is 10.3 Å². The Kier molecular flexibility index (Phi) is 13.4. The van der Waals surface area contributed by atoms with Crippen molar-refractivity contribution in [2.45, 2.75) is 76.9 Å². The van der Waals surface area contributed by atoms with E-state index in [1.54, 1.807) is 11.3 Å². The normalized spacial score (nSPS) is 18.0. The van der Waals surface area contributed by atoms with Crippen LogP contribution in [0.4, 0.5) is 0 Å². The van der Waals surface area contributed by atoms with Crippen molar-refractivity contribution in [1.82, 2.24) is 10.6 Å². The Morgan fingerprint density at radius 3 is 2.64 bits per heavy atom. The average molecular weight is 524 g/mol. The van der Waals surface area contributed by atoms with Crippen molar-refractivity contribution in [3.63, 3.8) is 0 Å². The highest BCUT2D eigenvalue weighted by Crippen LogP contribution is 2.25. The lowest BCUT2D eigenvalue weighted by Crippen LogP contribution is -2.39. The number of unbranched alkanes of at least 4 members (excludes halogenated alkanes) is 1. The van der Waals surface area contributed by atoms with Crippen molar-refractivity contribution in [3.8, 4) is 0 Å². The van der Waals surface area contributed by atoms with Crippen LogP contribution in [-0.4, -0.2) is 43.4 Å². The Bertz CT molecular complexity index is 530. The van der Waals surface area contributed by atoms with Crippen LogP contribution in [0.3, 0.4) is 0 Å². The van der Waals surface area contributed by atoms with Gasteiger partial charge in [-0.25, -0.2) is 4.99 Å². The number of halogens is 1. The molecule has 2 rings (SSSR count). The Morgan fingerprint density at radius 1 is 1.25 bits per heavy atom. The fraction of sp³-hybridized carbons (Fsp3) is 0.762. The number of thiophene rings is 1. The molecule has 1 fully saturated rings. The fourth-order valence-electron chi connectivity index (χ4n) is 3.33. The first-order valence-corrected chi connectivity index (χ1v) is 11.4. The molecule has 1 aliphatic carbocycles. The standard InChI is InChI=1S/C21H37N3O2S.HI/c1-3-22-20(24-17-21(2,25)19-13-10-16-27-19)23-14-8-9-15-26-18-11-6-4-5-7-12-18;/h10,13,16,18,25H,3-9,11-12,14-15,17H2,1-2H3,(H2,22,23,24);1H. The zero-order chi connectivity index (χ0) is 19.4. The summed E-state index contributed by atoms with van der Waals surface area (Å²) in [7, 11) is 0. The second-order valence-corrected chi connectivity index (χ2v) is 8.51. The van der Waals surface area contributed by atoms with Crippen molar-refractivity contribution in [2.75, 3.05) is 26.2 Å². The van der Waals surface area contributed by atoms with Crippen molar-refractivity contribution in [1.29, 1.82) is 0 Å². The lowest BCUT2D eigenvalue weighted by atomic mass is 10.1. The number of nitrogens with zero attached hydrogens (tertiary/aromatic N) is 1. The highest BCUT2D eigenvalue weighted by molar-refractivity contribution is 14.0. The predicted octanol–water partition coefficient (Wildman–Crippen LogP) is 4.65. The molecule has 28 heavy (non-hydrogen) atoms. The van der Waals surface area contributed by atoms with Crippen LogP contribution in [0.1, 0.15) is 70.1 Å². The van der Waals surface area contributed by atoms with Crippen LogP contribution >= 0.6 is 35.3 Å². The second kappa shape index (κ2) is 14.6. The molecule has 1 aromatic heterocycles. The van der Waals surface area contributed by atoms with E-state index in [1.807, 2.05) is 24.4 Å². The molecule has 0 amide bonds. The van der Waals surface area contributed by atoms with Crippen LogP contribution in [0.2, 0.25) is 0 Å². The molecule has 1 aromatic rings. The Labute approximate surface area is 191 Å². The van der Waals surface area contributed by atoms with E-state index in [-0.39, 0.29) is 24.0 Å². The maximum atomic E-state index is 10.6. The highest BCUT2D eigenvalue weighted by Gasteiger charge is 2.23. The maximum Gasteiger partial charge on any atom is 0.191 e. The molecule has 0 radical (unpaired) electrons. The molecule has 0 aliphatic heterocycles. The molecule has 0 spiro atoms. The molecule has 1 unspecified atom stereocenters. The van der Waals surface area contributed by atoms with Crippen LogP contribution in [0.25, 0.3) is 0 Å². The second-order valence-electron chi connectivity index (χ2n) is 7.56. The van der Waals surface area contributed by atoms with E-state index in [4.69, 9.17) is 4.74 Å². The maximum absolute atomic E-state index is 10.6. The molecule has 162 valence electrons. The van der Waals surface area contributed by atoms with Crippen LogP contribution in [0, 0.1) is 0 Å². The van der Waals surface area contributed by atoms with Crippen molar-refractivity contribution in [3.05, 3.63) is 22.4 Å². The molecule has 1 heterocycles. The predicted molar refractivity (Wildman–Crippen MR) is 130 cm³/mol. The average Bonchev–Trinajstić information content (AvgIpc) is 3.09. The molecule has 5 nitrogen and oxygen atoms in total. The number of hydrogen-bond acceptors (Lipinski definition) is 4. The number of ether oxygens (including phenoxy) is 1. The number of aliphatic imine (C=N–C) groups is 1. The first kappa shape index (κ1) is 25.7. The van der Waals surface area contributed by atoms with Gasteiger partial charge in [0.25, 0.3) is 0 Å². The Hall–Kier alpha value is -0.380. The van der Waals surface area contributed by atoms with Crippen molar-refractivity contribution in [2.24, 2.45) is 4.99 Å². The molecule has 1 atom stereocenters. The summed E-state index contributed by atoms with van der Waals surface area (Å²) in [5.41, 5.74) is -0.928.